The molecule has 1 atom stereocenters. The van der Waals surface area contributed by atoms with Crippen LogP contribution in [0.2, 0.25) is 0 Å². The summed E-state index contributed by atoms with van der Waals surface area (Å²) in [5, 5.41) is 0. The molecule has 0 spiro atoms. The summed E-state index contributed by atoms with van der Waals surface area (Å²) in [5.41, 5.74) is 12.9. The van der Waals surface area contributed by atoms with Gasteiger partial charge in [-0.2, -0.15) is 0 Å². The van der Waals surface area contributed by atoms with Gasteiger partial charge in [-0.3, -0.25) is 0 Å². The first-order valence-corrected chi connectivity index (χ1v) is 8.67. The van der Waals surface area contributed by atoms with E-state index in [1.54, 1.807) is 11.1 Å². The summed E-state index contributed by atoms with van der Waals surface area (Å²) in [5.74, 6) is 0.666. The molecule has 2 N–H and O–H groups in total. The van der Waals surface area contributed by atoms with Gasteiger partial charge < -0.3 is 5.73 Å². The van der Waals surface area contributed by atoms with Gasteiger partial charge in [0.05, 0.1) is 0 Å². The molecule has 2 aromatic carbocycles. The van der Waals surface area contributed by atoms with E-state index in [0.29, 0.717) is 5.92 Å². The van der Waals surface area contributed by atoms with Crippen LogP contribution in [0.4, 0.5) is 0 Å². The van der Waals surface area contributed by atoms with Crippen LogP contribution in [0.25, 0.3) is 11.1 Å². The molecule has 0 bridgehead atoms. The predicted octanol–water partition coefficient (Wildman–Crippen LogP) is 4.76. The molecule has 0 fully saturated rings. The van der Waals surface area contributed by atoms with Crippen LogP contribution in [-0.2, 0) is 19.3 Å². The Labute approximate surface area is 134 Å². The minimum absolute atomic E-state index is 0.666. The van der Waals surface area contributed by atoms with Crippen LogP contribution in [-0.4, -0.2) is 6.54 Å². The second-order valence-electron chi connectivity index (χ2n) is 6.77. The van der Waals surface area contributed by atoms with Gasteiger partial charge in [0, 0.05) is 0 Å². The summed E-state index contributed by atoms with van der Waals surface area (Å²) in [4.78, 5) is 0. The molecule has 2 aromatic rings. The number of fused-ring (bicyclic) bond motifs is 1. The van der Waals surface area contributed by atoms with Crippen molar-refractivity contribution in [3.63, 3.8) is 0 Å². The Morgan fingerprint density at radius 3 is 2.32 bits per heavy atom. The molecule has 22 heavy (non-hydrogen) atoms. The average molecular weight is 293 g/mol. The lowest BCUT2D eigenvalue weighted by atomic mass is 9.89. The molecular formula is C21H27N. The van der Waals surface area contributed by atoms with Crippen LogP contribution in [0.1, 0.15) is 42.9 Å². The van der Waals surface area contributed by atoms with Gasteiger partial charge in [0.25, 0.3) is 0 Å². The number of hydrogen-bond acceptors (Lipinski definition) is 1. The maximum Gasteiger partial charge on any atom is -0.00746 e. The SMILES string of the molecule is CC(CCN)Cc1ccc(-c2ccc3c(c2)CCCC3)cc1. The Bertz CT molecular complexity index is 612. The summed E-state index contributed by atoms with van der Waals surface area (Å²) < 4.78 is 0. The molecule has 1 heteroatoms. The van der Waals surface area contributed by atoms with E-state index in [9.17, 15) is 0 Å². The van der Waals surface area contributed by atoms with Gasteiger partial charge in [-0.05, 0) is 78.8 Å². The quantitative estimate of drug-likeness (QED) is 0.845. The van der Waals surface area contributed by atoms with Crippen LogP contribution >= 0.6 is 0 Å². The van der Waals surface area contributed by atoms with Crippen molar-refractivity contribution in [1.82, 2.24) is 0 Å². The molecule has 0 amide bonds. The zero-order valence-electron chi connectivity index (χ0n) is 13.6. The third kappa shape index (κ3) is 3.59. The molecule has 0 aromatic heterocycles. The fourth-order valence-electron chi connectivity index (χ4n) is 3.54. The van der Waals surface area contributed by atoms with Gasteiger partial charge in [0.15, 0.2) is 0 Å². The summed E-state index contributed by atoms with van der Waals surface area (Å²) in [7, 11) is 0. The van der Waals surface area contributed by atoms with Gasteiger partial charge >= 0.3 is 0 Å². The van der Waals surface area contributed by atoms with Crippen molar-refractivity contribution in [2.24, 2.45) is 11.7 Å². The van der Waals surface area contributed by atoms with Gasteiger partial charge in [-0.1, -0.05) is 49.4 Å². The minimum Gasteiger partial charge on any atom is -0.330 e. The van der Waals surface area contributed by atoms with Crippen molar-refractivity contribution >= 4 is 0 Å². The summed E-state index contributed by atoms with van der Waals surface area (Å²) in [6.07, 6.45) is 7.43. The lowest BCUT2D eigenvalue weighted by Crippen LogP contribution is -2.07. The first-order chi connectivity index (χ1) is 10.8. The first-order valence-electron chi connectivity index (χ1n) is 8.67. The highest BCUT2D eigenvalue weighted by atomic mass is 14.5. The van der Waals surface area contributed by atoms with Gasteiger partial charge in [-0.15, -0.1) is 0 Å². The molecule has 0 saturated heterocycles. The molecular weight excluding hydrogens is 266 g/mol. The lowest BCUT2D eigenvalue weighted by molar-refractivity contribution is 0.538. The zero-order valence-corrected chi connectivity index (χ0v) is 13.6. The molecule has 1 aliphatic carbocycles. The van der Waals surface area contributed by atoms with E-state index in [4.69, 9.17) is 5.73 Å². The van der Waals surface area contributed by atoms with Crippen molar-refractivity contribution < 1.29 is 0 Å². The van der Waals surface area contributed by atoms with Crippen molar-refractivity contribution in [3.05, 3.63) is 59.2 Å². The predicted molar refractivity (Wildman–Crippen MR) is 95.1 cm³/mol. The molecule has 0 aliphatic heterocycles. The Hall–Kier alpha value is -1.60. The third-order valence-electron chi connectivity index (χ3n) is 4.88. The minimum atomic E-state index is 0.666. The van der Waals surface area contributed by atoms with Crippen molar-refractivity contribution in [2.45, 2.75) is 45.4 Å². The van der Waals surface area contributed by atoms with E-state index in [1.165, 1.54) is 42.4 Å². The summed E-state index contributed by atoms with van der Waals surface area (Å²) in [6, 6.07) is 16.1. The molecule has 116 valence electrons. The Kier molecular flexibility index (Phi) is 4.94. The zero-order chi connectivity index (χ0) is 15.4. The van der Waals surface area contributed by atoms with Gasteiger partial charge in [0.1, 0.15) is 0 Å². The Morgan fingerprint density at radius 2 is 1.59 bits per heavy atom. The van der Waals surface area contributed by atoms with Gasteiger partial charge in [-0.25, -0.2) is 0 Å². The topological polar surface area (TPSA) is 26.0 Å². The molecule has 1 unspecified atom stereocenters. The van der Waals surface area contributed by atoms with Gasteiger partial charge in [0.2, 0.25) is 0 Å². The first kappa shape index (κ1) is 15.3. The van der Waals surface area contributed by atoms with Crippen LogP contribution in [0.15, 0.2) is 42.5 Å². The van der Waals surface area contributed by atoms with Crippen molar-refractivity contribution in [1.29, 1.82) is 0 Å². The van der Waals surface area contributed by atoms with Crippen LogP contribution in [0.3, 0.4) is 0 Å². The fraction of sp³-hybridized carbons (Fsp3) is 0.429. The van der Waals surface area contributed by atoms with E-state index < -0.39 is 0 Å². The van der Waals surface area contributed by atoms with E-state index >= 15 is 0 Å². The number of rotatable bonds is 5. The molecule has 3 rings (SSSR count). The maximum atomic E-state index is 5.64. The fourth-order valence-corrected chi connectivity index (χ4v) is 3.54. The highest BCUT2D eigenvalue weighted by Gasteiger charge is 2.10. The van der Waals surface area contributed by atoms with Crippen LogP contribution in [0, 0.1) is 5.92 Å². The van der Waals surface area contributed by atoms with E-state index in [2.05, 4.69) is 49.4 Å². The number of benzene rings is 2. The highest BCUT2D eigenvalue weighted by molar-refractivity contribution is 5.65. The van der Waals surface area contributed by atoms with Crippen molar-refractivity contribution in [3.8, 4) is 11.1 Å². The van der Waals surface area contributed by atoms with E-state index in [-0.39, 0.29) is 0 Å². The third-order valence-corrected chi connectivity index (χ3v) is 4.88. The highest BCUT2D eigenvalue weighted by Crippen LogP contribution is 2.28. The smallest absolute Gasteiger partial charge is 0.00746 e. The second kappa shape index (κ2) is 7.11. The summed E-state index contributed by atoms with van der Waals surface area (Å²) >= 11 is 0. The molecule has 0 radical (unpaired) electrons. The maximum absolute atomic E-state index is 5.64. The summed E-state index contributed by atoms with van der Waals surface area (Å²) in [6.45, 7) is 3.07. The monoisotopic (exact) mass is 293 g/mol. The lowest BCUT2D eigenvalue weighted by Gasteiger charge is -2.17. The number of hydrogen-bond donors (Lipinski definition) is 1. The van der Waals surface area contributed by atoms with Crippen LogP contribution < -0.4 is 5.73 Å². The number of aryl methyl sites for hydroxylation is 2. The second-order valence-corrected chi connectivity index (χ2v) is 6.77. The molecule has 1 aliphatic rings. The standard InChI is InChI=1S/C21H27N/c1-16(12-13-22)14-17-6-8-19(9-7-17)21-11-10-18-4-2-3-5-20(18)15-21/h6-11,15-16H,2-5,12-14,22H2,1H3. The normalized spacial score (nSPS) is 15.4. The molecule has 1 nitrogen and oxygen atoms in total. The van der Waals surface area contributed by atoms with E-state index in [0.717, 1.165) is 19.4 Å². The van der Waals surface area contributed by atoms with E-state index in [1.807, 2.05) is 0 Å². The van der Waals surface area contributed by atoms with Crippen molar-refractivity contribution in [2.75, 3.05) is 6.54 Å². The molecule has 0 heterocycles. The largest absolute Gasteiger partial charge is 0.330 e. The average Bonchev–Trinajstić information content (AvgIpc) is 2.55. The molecule has 0 saturated carbocycles. The Morgan fingerprint density at radius 1 is 0.909 bits per heavy atom. The number of nitrogens with two attached hydrogens (primary N) is 1. The van der Waals surface area contributed by atoms with Crippen LogP contribution in [0.5, 0.6) is 0 Å². The Balaban J connectivity index is 1.75.